The van der Waals surface area contributed by atoms with Crippen molar-refractivity contribution < 1.29 is 46.6 Å². The van der Waals surface area contributed by atoms with Crippen LogP contribution < -0.4 is 25.6 Å². The van der Waals surface area contributed by atoms with Crippen molar-refractivity contribution in [3.8, 4) is 5.75 Å². The van der Waals surface area contributed by atoms with Crippen molar-refractivity contribution in [1.82, 2.24) is 25.0 Å². The number of pyridine rings is 1. The Balaban J connectivity index is 0.940. The van der Waals surface area contributed by atoms with Crippen LogP contribution in [0.5, 0.6) is 5.75 Å². The number of aliphatic hydroxyl groups is 1. The van der Waals surface area contributed by atoms with Crippen LogP contribution in [0.3, 0.4) is 0 Å². The number of hydrogen-bond acceptors (Lipinski definition) is 10. The average Bonchev–Trinajstić information content (AvgIpc) is 3.60. The van der Waals surface area contributed by atoms with E-state index in [1.165, 1.54) is 18.2 Å². The van der Waals surface area contributed by atoms with Crippen molar-refractivity contribution in [2.75, 3.05) is 41.7 Å². The predicted molar refractivity (Wildman–Crippen MR) is 205 cm³/mol. The van der Waals surface area contributed by atoms with Crippen LogP contribution in [0, 0.1) is 11.6 Å². The Kier molecular flexibility index (Phi) is 11.6. The second-order valence-corrected chi connectivity index (χ2v) is 15.3. The highest BCUT2D eigenvalue weighted by molar-refractivity contribution is 6.08. The van der Waals surface area contributed by atoms with Gasteiger partial charge in [0.1, 0.15) is 34.9 Å². The lowest BCUT2D eigenvalue weighted by Crippen LogP contribution is -2.49. The second-order valence-electron chi connectivity index (χ2n) is 15.3. The summed E-state index contributed by atoms with van der Waals surface area (Å²) in [5, 5.41) is 24.2. The first kappa shape index (κ1) is 40.4. The number of amides is 4. The maximum atomic E-state index is 15.2. The van der Waals surface area contributed by atoms with Gasteiger partial charge in [-0.2, -0.15) is 5.10 Å². The number of piperidine rings is 3. The number of anilines is 3. The van der Waals surface area contributed by atoms with E-state index in [-0.39, 0.29) is 91.8 Å². The zero-order valence-electron chi connectivity index (χ0n) is 31.9. The fraction of sp³-hybridized carbons (Fsp3) is 0.450. The summed E-state index contributed by atoms with van der Waals surface area (Å²) in [5.74, 6) is -3.05. The van der Waals surface area contributed by atoms with Crippen LogP contribution in [0.25, 0.3) is 10.9 Å². The quantitative estimate of drug-likeness (QED) is 0.112. The van der Waals surface area contributed by atoms with Gasteiger partial charge in [-0.1, -0.05) is 6.07 Å². The Morgan fingerprint density at radius 2 is 1.76 bits per heavy atom. The van der Waals surface area contributed by atoms with Gasteiger partial charge in [-0.25, -0.2) is 22.5 Å². The maximum absolute atomic E-state index is 15.2. The lowest BCUT2D eigenvalue weighted by atomic mass is 9.87. The molecule has 3 aliphatic rings. The van der Waals surface area contributed by atoms with E-state index in [9.17, 15) is 33.1 Å². The number of benzene rings is 2. The largest absolute Gasteiger partial charge is 0.490 e. The number of nitrogens with zero attached hydrogens (tertiary/aromatic N) is 5. The summed E-state index contributed by atoms with van der Waals surface area (Å²) in [6, 6.07) is 8.36. The molecule has 2 aromatic carbocycles. The molecule has 5 heterocycles. The van der Waals surface area contributed by atoms with Crippen LogP contribution in [-0.4, -0.2) is 92.3 Å². The van der Waals surface area contributed by atoms with E-state index >= 15 is 8.78 Å². The van der Waals surface area contributed by atoms with Gasteiger partial charge in [-0.15, -0.1) is 0 Å². The number of hydrogen-bond donors (Lipinski definition) is 4. The molecule has 4 N–H and O–H groups in total. The molecule has 3 aliphatic heterocycles. The Morgan fingerprint density at radius 3 is 2.45 bits per heavy atom. The van der Waals surface area contributed by atoms with Gasteiger partial charge in [0.25, 0.3) is 12.3 Å². The molecule has 14 nitrogen and oxygen atoms in total. The molecule has 0 radical (unpaired) electrons. The number of imide groups is 1. The summed E-state index contributed by atoms with van der Waals surface area (Å²) in [5.41, 5.74) is -1.21. The van der Waals surface area contributed by atoms with Crippen LogP contribution in [-0.2, 0) is 14.4 Å². The molecule has 3 fully saturated rings. The third-order valence-electron chi connectivity index (χ3n) is 10.8. The van der Waals surface area contributed by atoms with E-state index in [0.717, 1.165) is 12.1 Å². The molecule has 7 rings (SSSR count). The number of aromatic nitrogens is 3. The molecule has 0 spiro atoms. The summed E-state index contributed by atoms with van der Waals surface area (Å²) in [6.45, 7) is 4.84. The zero-order valence-corrected chi connectivity index (χ0v) is 31.9. The number of carbonyl (C=O) groups excluding carboxylic acids is 4. The number of halogens is 4. The Bertz CT molecular complexity index is 2220. The molecule has 2 aromatic heterocycles. The van der Waals surface area contributed by atoms with E-state index in [1.807, 2.05) is 24.7 Å². The Labute approximate surface area is 330 Å². The Morgan fingerprint density at radius 1 is 1.02 bits per heavy atom. The molecule has 0 bridgehead atoms. The molecule has 18 heteroatoms. The fourth-order valence-corrected chi connectivity index (χ4v) is 7.64. The van der Waals surface area contributed by atoms with Gasteiger partial charge in [0, 0.05) is 62.4 Å². The molecule has 1 unspecified atom stereocenters. The topological polar surface area (TPSA) is 171 Å². The van der Waals surface area contributed by atoms with E-state index in [0.29, 0.717) is 36.8 Å². The van der Waals surface area contributed by atoms with E-state index in [4.69, 9.17) is 9.84 Å². The van der Waals surface area contributed by atoms with Gasteiger partial charge in [0.2, 0.25) is 17.7 Å². The number of alkyl halides is 2. The van der Waals surface area contributed by atoms with Crippen LogP contribution in [0.4, 0.5) is 34.8 Å². The standard InChI is InChI=1S/C40H44F4N8O6/c1-22(2)58-33-19-30-23(16-25(33)38(55)47-34-5-3-4-28(46-34)37(43)44)21-52(49-30)24-8-12-51(13-9-24)36(54)20-40(57)10-14-50(15-11-40)32-18-26(41)31(17-27(32)42)45-29-6-7-35(53)48-39(29)56/h3-5,16-19,21-22,24,29,37,45,57H,6-15,20H2,1-2H3,(H,46,47,55)(H,48,53,56). The van der Waals surface area contributed by atoms with Crippen molar-refractivity contribution in [2.45, 2.75) is 89.0 Å². The zero-order chi connectivity index (χ0) is 41.3. The lowest BCUT2D eigenvalue weighted by Gasteiger charge is -2.40. The van der Waals surface area contributed by atoms with Crippen LogP contribution in [0.1, 0.15) is 87.3 Å². The number of rotatable bonds is 11. The highest BCUT2D eigenvalue weighted by Gasteiger charge is 2.38. The first-order valence-corrected chi connectivity index (χ1v) is 19.2. The molecular formula is C40H44F4N8O6. The van der Waals surface area contributed by atoms with Gasteiger partial charge in [0.15, 0.2) is 0 Å². The first-order chi connectivity index (χ1) is 27.6. The van der Waals surface area contributed by atoms with Crippen LogP contribution in [0.15, 0.2) is 48.7 Å². The highest BCUT2D eigenvalue weighted by Crippen LogP contribution is 2.35. The fourth-order valence-electron chi connectivity index (χ4n) is 7.64. The summed E-state index contributed by atoms with van der Waals surface area (Å²) in [6.07, 6.45) is 0.357. The minimum absolute atomic E-state index is 0.00593. The highest BCUT2D eigenvalue weighted by atomic mass is 19.3. The molecule has 0 saturated carbocycles. The number of carbonyl (C=O) groups is 4. The third-order valence-corrected chi connectivity index (χ3v) is 10.8. The molecule has 0 aliphatic carbocycles. The normalized spacial score (nSPS) is 18.8. The summed E-state index contributed by atoms with van der Waals surface area (Å²) < 4.78 is 64.4. The number of likely N-dealkylation sites (tertiary alicyclic amines) is 1. The van der Waals surface area contributed by atoms with Gasteiger partial charge in [-0.3, -0.25) is 29.2 Å². The smallest absolute Gasteiger partial charge is 0.280 e. The molecule has 4 aromatic rings. The van der Waals surface area contributed by atoms with Gasteiger partial charge < -0.3 is 30.3 Å². The molecule has 4 amide bonds. The van der Waals surface area contributed by atoms with Crippen LogP contribution >= 0.6 is 0 Å². The van der Waals surface area contributed by atoms with Crippen molar-refractivity contribution >= 4 is 51.7 Å². The third kappa shape index (κ3) is 9.01. The number of fused-ring (bicyclic) bond motifs is 1. The van der Waals surface area contributed by atoms with Crippen molar-refractivity contribution in [2.24, 2.45) is 0 Å². The summed E-state index contributed by atoms with van der Waals surface area (Å²) >= 11 is 0. The van der Waals surface area contributed by atoms with Crippen LogP contribution in [0.2, 0.25) is 0 Å². The Hall–Kier alpha value is -5.78. The number of nitrogens with one attached hydrogen (secondary N) is 3. The summed E-state index contributed by atoms with van der Waals surface area (Å²) in [7, 11) is 0. The minimum Gasteiger partial charge on any atom is -0.490 e. The summed E-state index contributed by atoms with van der Waals surface area (Å²) in [4.78, 5) is 57.4. The lowest BCUT2D eigenvalue weighted by molar-refractivity contribution is -0.139. The first-order valence-electron chi connectivity index (χ1n) is 19.2. The molecule has 3 saturated heterocycles. The van der Waals surface area contributed by atoms with Gasteiger partial charge in [-0.05, 0) is 64.2 Å². The van der Waals surface area contributed by atoms with Gasteiger partial charge in [0.05, 0.1) is 46.6 Å². The van der Waals surface area contributed by atoms with E-state index in [2.05, 4.69) is 20.9 Å². The van der Waals surface area contributed by atoms with Crippen molar-refractivity contribution in [3.05, 3.63) is 71.6 Å². The van der Waals surface area contributed by atoms with Crippen molar-refractivity contribution in [3.63, 3.8) is 0 Å². The minimum atomic E-state index is -2.79. The molecule has 58 heavy (non-hydrogen) atoms. The average molecular weight is 809 g/mol. The molecular weight excluding hydrogens is 764 g/mol. The maximum Gasteiger partial charge on any atom is 0.280 e. The van der Waals surface area contributed by atoms with E-state index in [1.54, 1.807) is 21.9 Å². The second kappa shape index (κ2) is 16.6. The monoisotopic (exact) mass is 808 g/mol. The molecule has 1 atom stereocenters. The SMILES string of the molecule is CC(C)Oc1cc2nn(C3CCN(C(=O)CC4(O)CCN(c5cc(F)c(NC6CCC(=O)NC6=O)cc5F)CC4)CC3)cc2cc1C(=O)Nc1cccc(C(F)F)n1. The van der Waals surface area contributed by atoms with E-state index < -0.39 is 53.1 Å². The van der Waals surface area contributed by atoms with Gasteiger partial charge >= 0.3 is 0 Å². The van der Waals surface area contributed by atoms with Crippen molar-refractivity contribution in [1.29, 1.82) is 0 Å². The predicted octanol–water partition coefficient (Wildman–Crippen LogP) is 5.49. The number of ether oxygens (including phenoxy) is 1. The molecule has 308 valence electrons.